The summed E-state index contributed by atoms with van der Waals surface area (Å²) in [6.45, 7) is 7.27. The summed E-state index contributed by atoms with van der Waals surface area (Å²) in [5, 5.41) is 2.25. The van der Waals surface area contributed by atoms with Gasteiger partial charge in [0.05, 0.1) is 16.8 Å². The summed E-state index contributed by atoms with van der Waals surface area (Å²) in [4.78, 5) is 36.8. The van der Waals surface area contributed by atoms with E-state index in [4.69, 9.17) is 9.47 Å². The molecule has 2 aromatic rings. The Hall–Kier alpha value is -3.56. The molecule has 0 bridgehead atoms. The summed E-state index contributed by atoms with van der Waals surface area (Å²) in [7, 11) is 0. The molecule has 0 radical (unpaired) electrons. The molecule has 2 rings (SSSR count). The number of para-hydroxylation sites is 1. The normalized spacial score (nSPS) is 11.5. The lowest BCUT2D eigenvalue weighted by Crippen LogP contribution is -2.29. The minimum atomic E-state index is -5.17. The molecule has 7 nitrogen and oxygen atoms in total. The molecule has 0 saturated carbocycles. The fraction of sp³-hybridized carbons (Fsp3) is 0.318. The highest BCUT2D eigenvalue weighted by atomic mass is 19.4. The molecular weight excluding hydrogens is 431 g/mol. The molecule has 1 N–H and O–H groups in total. The first-order valence-corrected chi connectivity index (χ1v) is 9.39. The molecule has 172 valence electrons. The van der Waals surface area contributed by atoms with E-state index in [1.165, 1.54) is 26.0 Å². The molecule has 0 aliphatic rings. The summed E-state index contributed by atoms with van der Waals surface area (Å²) < 4.78 is 53.6. The van der Waals surface area contributed by atoms with Gasteiger partial charge in [-0.15, -0.1) is 13.2 Å². The van der Waals surface area contributed by atoms with E-state index < -0.39 is 35.3 Å². The SMILES string of the molecule is Cc1c(NC(=O)OC(C)(C)C)c(C=O)c(OC(F)(F)F)c(C)c1C(=O)Oc1ccccc1. The third kappa shape index (κ3) is 6.22. The van der Waals surface area contributed by atoms with Crippen LogP contribution in [0.1, 0.15) is 52.6 Å². The van der Waals surface area contributed by atoms with Gasteiger partial charge in [0.2, 0.25) is 0 Å². The summed E-state index contributed by atoms with van der Waals surface area (Å²) in [6, 6.07) is 7.85. The van der Waals surface area contributed by atoms with Crippen LogP contribution in [0.25, 0.3) is 0 Å². The molecular formula is C22H22F3NO6. The second kappa shape index (κ2) is 9.29. The monoisotopic (exact) mass is 453 g/mol. The number of esters is 1. The summed E-state index contributed by atoms with van der Waals surface area (Å²) in [6.07, 6.45) is -6.10. The van der Waals surface area contributed by atoms with E-state index in [-0.39, 0.29) is 34.4 Å². The first-order valence-electron chi connectivity index (χ1n) is 9.39. The number of nitrogens with one attached hydrogen (secondary N) is 1. The molecule has 0 aliphatic heterocycles. The lowest BCUT2D eigenvalue weighted by molar-refractivity contribution is -0.274. The van der Waals surface area contributed by atoms with Gasteiger partial charge < -0.3 is 14.2 Å². The third-order valence-corrected chi connectivity index (χ3v) is 4.10. The van der Waals surface area contributed by atoms with Crippen molar-refractivity contribution >= 4 is 24.0 Å². The predicted molar refractivity (Wildman–Crippen MR) is 109 cm³/mol. The Kier molecular flexibility index (Phi) is 7.17. The van der Waals surface area contributed by atoms with Crippen LogP contribution in [0.3, 0.4) is 0 Å². The Balaban J connectivity index is 2.66. The highest BCUT2D eigenvalue weighted by Crippen LogP contribution is 2.39. The molecule has 0 aliphatic carbocycles. The third-order valence-electron chi connectivity index (χ3n) is 4.10. The van der Waals surface area contributed by atoms with Gasteiger partial charge in [-0.2, -0.15) is 0 Å². The van der Waals surface area contributed by atoms with Gasteiger partial charge in [0, 0.05) is 5.56 Å². The van der Waals surface area contributed by atoms with Gasteiger partial charge in [-0.1, -0.05) is 18.2 Å². The van der Waals surface area contributed by atoms with Crippen LogP contribution in [0.5, 0.6) is 11.5 Å². The van der Waals surface area contributed by atoms with Gasteiger partial charge in [-0.3, -0.25) is 10.1 Å². The fourth-order valence-corrected chi connectivity index (χ4v) is 2.92. The van der Waals surface area contributed by atoms with Crippen molar-refractivity contribution in [3.05, 3.63) is 52.6 Å². The highest BCUT2D eigenvalue weighted by molar-refractivity contribution is 6.04. The van der Waals surface area contributed by atoms with Crippen molar-refractivity contribution < 1.29 is 41.8 Å². The van der Waals surface area contributed by atoms with Gasteiger partial charge in [0.15, 0.2) is 6.29 Å². The van der Waals surface area contributed by atoms with Crippen LogP contribution in [0.15, 0.2) is 30.3 Å². The maximum Gasteiger partial charge on any atom is 0.573 e. The summed E-state index contributed by atoms with van der Waals surface area (Å²) in [5.74, 6) is -1.78. The molecule has 0 fully saturated rings. The van der Waals surface area contributed by atoms with Crippen LogP contribution in [-0.4, -0.2) is 30.3 Å². The smallest absolute Gasteiger partial charge is 0.444 e. The number of amides is 1. The summed E-state index contributed by atoms with van der Waals surface area (Å²) in [5.41, 5.74) is -2.46. The number of rotatable bonds is 5. The largest absolute Gasteiger partial charge is 0.573 e. The molecule has 1 amide bonds. The zero-order valence-corrected chi connectivity index (χ0v) is 18.0. The van der Waals surface area contributed by atoms with Gasteiger partial charge >= 0.3 is 18.4 Å². The van der Waals surface area contributed by atoms with Crippen LogP contribution in [-0.2, 0) is 4.74 Å². The van der Waals surface area contributed by atoms with Crippen molar-refractivity contribution in [1.82, 2.24) is 0 Å². The topological polar surface area (TPSA) is 90.9 Å². The minimum absolute atomic E-state index is 0.00548. The van der Waals surface area contributed by atoms with E-state index in [9.17, 15) is 27.6 Å². The number of halogens is 3. The molecule has 0 atom stereocenters. The Morgan fingerprint density at radius 3 is 2.09 bits per heavy atom. The standard InChI is InChI=1S/C22H22F3NO6/c1-12-16(19(28)30-14-9-7-6-8-10-14)13(2)18(31-22(23,24)25)15(11-27)17(12)26-20(29)32-21(3,4)5/h6-11H,1-5H3,(H,26,29). The average molecular weight is 453 g/mol. The van der Waals surface area contributed by atoms with Crippen LogP contribution in [0.4, 0.5) is 23.7 Å². The van der Waals surface area contributed by atoms with E-state index in [0.29, 0.717) is 0 Å². The second-order valence-electron chi connectivity index (χ2n) is 7.74. The number of carbonyl (C=O) groups excluding carboxylic acids is 3. The molecule has 32 heavy (non-hydrogen) atoms. The molecule has 10 heteroatoms. The number of ether oxygens (including phenoxy) is 3. The van der Waals surface area contributed by atoms with E-state index in [1.54, 1.807) is 39.0 Å². The number of aldehydes is 1. The Morgan fingerprint density at radius 2 is 1.59 bits per heavy atom. The van der Waals surface area contributed by atoms with Gasteiger partial charge in [-0.25, -0.2) is 9.59 Å². The average Bonchev–Trinajstić information content (AvgIpc) is 2.64. The van der Waals surface area contributed by atoms with Crippen LogP contribution in [0.2, 0.25) is 0 Å². The van der Waals surface area contributed by atoms with Crippen molar-refractivity contribution in [3.8, 4) is 11.5 Å². The first kappa shape index (κ1) is 24.7. The molecule has 2 aromatic carbocycles. The zero-order valence-electron chi connectivity index (χ0n) is 18.0. The van der Waals surface area contributed by atoms with Crippen molar-refractivity contribution in [2.24, 2.45) is 0 Å². The zero-order chi connectivity index (χ0) is 24.3. The van der Waals surface area contributed by atoms with Crippen LogP contribution in [0, 0.1) is 13.8 Å². The molecule has 0 spiro atoms. The quantitative estimate of drug-likeness (QED) is 0.361. The predicted octanol–water partition coefficient (Wildman–Crippen LogP) is 5.58. The maximum absolute atomic E-state index is 13.1. The molecule has 0 heterocycles. The number of hydrogen-bond donors (Lipinski definition) is 1. The Bertz CT molecular complexity index is 1030. The number of benzene rings is 2. The van der Waals surface area contributed by atoms with E-state index in [0.717, 1.165) is 0 Å². The van der Waals surface area contributed by atoms with Gasteiger partial charge in [0.1, 0.15) is 17.1 Å². The summed E-state index contributed by atoms with van der Waals surface area (Å²) >= 11 is 0. The number of hydrogen-bond acceptors (Lipinski definition) is 6. The Labute approximate surface area is 182 Å². The highest BCUT2D eigenvalue weighted by Gasteiger charge is 2.36. The van der Waals surface area contributed by atoms with E-state index in [2.05, 4.69) is 10.1 Å². The minimum Gasteiger partial charge on any atom is -0.444 e. The van der Waals surface area contributed by atoms with Crippen molar-refractivity contribution in [2.75, 3.05) is 5.32 Å². The maximum atomic E-state index is 13.1. The molecule has 0 unspecified atom stereocenters. The van der Waals surface area contributed by atoms with E-state index >= 15 is 0 Å². The molecule has 0 saturated heterocycles. The van der Waals surface area contributed by atoms with Crippen molar-refractivity contribution in [1.29, 1.82) is 0 Å². The second-order valence-corrected chi connectivity index (χ2v) is 7.74. The fourth-order valence-electron chi connectivity index (χ4n) is 2.92. The van der Waals surface area contributed by atoms with Crippen molar-refractivity contribution in [2.45, 2.75) is 46.6 Å². The first-order chi connectivity index (χ1) is 14.7. The van der Waals surface area contributed by atoms with Crippen LogP contribution >= 0.6 is 0 Å². The Morgan fingerprint density at radius 1 is 1.00 bits per heavy atom. The van der Waals surface area contributed by atoms with Crippen molar-refractivity contribution in [3.63, 3.8) is 0 Å². The number of carbonyl (C=O) groups is 3. The lowest BCUT2D eigenvalue weighted by Gasteiger charge is -2.24. The van der Waals surface area contributed by atoms with Gasteiger partial charge in [-0.05, 0) is 52.3 Å². The number of alkyl halides is 3. The lowest BCUT2D eigenvalue weighted by atomic mass is 9.95. The van der Waals surface area contributed by atoms with Crippen LogP contribution < -0.4 is 14.8 Å². The number of anilines is 1. The van der Waals surface area contributed by atoms with Gasteiger partial charge in [0.25, 0.3) is 0 Å². The molecule has 0 aromatic heterocycles. The van der Waals surface area contributed by atoms with E-state index in [1.807, 2.05) is 0 Å².